The standard InChI is InChI=1S/C6H15Ge.C6H5Se/c1-4-7(5-2)6-3;7-6-4-2-1-3-5-6/h4-6H2,1-3H3;1-5H. The second kappa shape index (κ2) is 9.82. The van der Waals surface area contributed by atoms with Crippen LogP contribution in [0.1, 0.15) is 20.8 Å². The first-order valence-electron chi connectivity index (χ1n) is 5.30. The van der Waals surface area contributed by atoms with Gasteiger partial charge in [-0.05, 0) is 0 Å². The molecule has 0 atom stereocenters. The van der Waals surface area contributed by atoms with Crippen molar-refractivity contribution in [2.24, 2.45) is 0 Å². The van der Waals surface area contributed by atoms with E-state index in [4.69, 9.17) is 0 Å². The molecule has 0 unspecified atom stereocenters. The Morgan fingerprint density at radius 3 is 1.50 bits per heavy atom. The molecule has 0 spiro atoms. The quantitative estimate of drug-likeness (QED) is 0.752. The molecule has 2 heteroatoms. The van der Waals surface area contributed by atoms with Crippen LogP contribution in [0.2, 0.25) is 15.8 Å². The number of hydrogen-bond acceptors (Lipinski definition) is 0. The summed E-state index contributed by atoms with van der Waals surface area (Å²) in [6.07, 6.45) is 0. The third-order valence-corrected chi connectivity index (χ3v) is 9.11. The van der Waals surface area contributed by atoms with Gasteiger partial charge in [0.15, 0.2) is 0 Å². The maximum absolute atomic E-state index is 2.90. The third-order valence-electron chi connectivity index (χ3n) is 2.24. The van der Waals surface area contributed by atoms with E-state index in [1.807, 2.05) is 30.3 Å². The Balaban J connectivity index is 0.000000241. The molecule has 0 aliphatic heterocycles. The zero-order chi connectivity index (χ0) is 10.8. The Morgan fingerprint density at radius 1 is 0.929 bits per heavy atom. The van der Waals surface area contributed by atoms with Crippen molar-refractivity contribution in [3.05, 3.63) is 30.3 Å². The summed E-state index contributed by atoms with van der Waals surface area (Å²) in [4.78, 5) is 0. The maximum atomic E-state index is 2.90. The van der Waals surface area contributed by atoms with Gasteiger partial charge in [-0.1, -0.05) is 0 Å². The molecule has 0 aliphatic rings. The number of hydrogen-bond donors (Lipinski definition) is 0. The molecule has 0 saturated carbocycles. The van der Waals surface area contributed by atoms with Crippen LogP contribution in [0.15, 0.2) is 30.3 Å². The predicted molar refractivity (Wildman–Crippen MR) is 69.0 cm³/mol. The van der Waals surface area contributed by atoms with Gasteiger partial charge < -0.3 is 0 Å². The van der Waals surface area contributed by atoms with Crippen molar-refractivity contribution in [1.82, 2.24) is 0 Å². The molecular formula is C12H20GeSe. The van der Waals surface area contributed by atoms with E-state index in [1.54, 1.807) is 0 Å². The molecule has 78 valence electrons. The van der Waals surface area contributed by atoms with E-state index in [-0.39, 0.29) is 0 Å². The van der Waals surface area contributed by atoms with E-state index in [0.29, 0.717) is 0 Å². The number of benzene rings is 1. The molecule has 0 nitrogen and oxygen atoms in total. The summed E-state index contributed by atoms with van der Waals surface area (Å²) in [5, 5.41) is 4.56. The van der Waals surface area contributed by atoms with Gasteiger partial charge >= 0.3 is 102 Å². The zero-order valence-electron chi connectivity index (χ0n) is 9.42. The number of rotatable bonds is 3. The van der Waals surface area contributed by atoms with E-state index in [0.717, 1.165) is 0 Å². The molecule has 1 rings (SSSR count). The summed E-state index contributed by atoms with van der Waals surface area (Å²) < 4.78 is 1.20. The summed E-state index contributed by atoms with van der Waals surface area (Å²) in [6, 6.07) is 10.1. The fourth-order valence-corrected chi connectivity index (χ4v) is 4.65. The topological polar surface area (TPSA) is 0 Å². The summed E-state index contributed by atoms with van der Waals surface area (Å²) in [7, 11) is 0. The van der Waals surface area contributed by atoms with Crippen LogP contribution in [0.25, 0.3) is 0 Å². The Bertz CT molecular complexity index is 201. The van der Waals surface area contributed by atoms with E-state index in [1.165, 1.54) is 20.2 Å². The summed E-state index contributed by atoms with van der Waals surface area (Å²) >= 11 is 2.50. The van der Waals surface area contributed by atoms with Gasteiger partial charge in [0, 0.05) is 0 Å². The van der Waals surface area contributed by atoms with Crippen LogP contribution in [-0.2, 0) is 0 Å². The van der Waals surface area contributed by atoms with Crippen LogP contribution in [0.5, 0.6) is 0 Å². The third kappa shape index (κ3) is 7.66. The summed E-state index contributed by atoms with van der Waals surface area (Å²) in [6.45, 7) is 7.01. The van der Waals surface area contributed by atoms with Gasteiger partial charge in [-0.3, -0.25) is 0 Å². The van der Waals surface area contributed by atoms with Crippen LogP contribution in [0.4, 0.5) is 0 Å². The molecule has 0 fully saturated rings. The molecule has 0 N–H and O–H groups in total. The minimum absolute atomic E-state index is 0.403. The SMILES string of the molecule is C[CH2][Ge]([CH2]C)[CH2]C.[Se]c1ccccc1. The molecule has 1 aromatic rings. The van der Waals surface area contributed by atoms with Gasteiger partial charge in [0.2, 0.25) is 0 Å². The van der Waals surface area contributed by atoms with Crippen molar-refractivity contribution in [3.8, 4) is 0 Å². The van der Waals surface area contributed by atoms with Gasteiger partial charge in [-0.15, -0.1) is 0 Å². The fourth-order valence-electron chi connectivity index (χ4n) is 1.17. The van der Waals surface area contributed by atoms with Crippen LogP contribution in [0, 0.1) is 0 Å². The van der Waals surface area contributed by atoms with Gasteiger partial charge in [0.1, 0.15) is 0 Å². The van der Waals surface area contributed by atoms with Crippen molar-refractivity contribution in [3.63, 3.8) is 0 Å². The average Bonchev–Trinajstić information content (AvgIpc) is 2.22. The van der Waals surface area contributed by atoms with E-state index in [9.17, 15) is 0 Å². The van der Waals surface area contributed by atoms with E-state index in [2.05, 4.69) is 36.8 Å². The van der Waals surface area contributed by atoms with Crippen LogP contribution < -0.4 is 4.46 Å². The van der Waals surface area contributed by atoms with Crippen molar-refractivity contribution in [1.29, 1.82) is 0 Å². The molecule has 0 aliphatic carbocycles. The molecule has 0 aromatic heterocycles. The monoisotopic (exact) mass is 318 g/mol. The van der Waals surface area contributed by atoms with Crippen LogP contribution in [-0.4, -0.2) is 30.4 Å². The van der Waals surface area contributed by atoms with Gasteiger partial charge in [0.25, 0.3) is 0 Å². The van der Waals surface area contributed by atoms with Gasteiger partial charge in [-0.25, -0.2) is 0 Å². The van der Waals surface area contributed by atoms with Crippen molar-refractivity contribution < 1.29 is 0 Å². The van der Waals surface area contributed by atoms with Gasteiger partial charge in [-0.2, -0.15) is 0 Å². The second-order valence-electron chi connectivity index (χ2n) is 3.12. The van der Waals surface area contributed by atoms with Crippen LogP contribution >= 0.6 is 0 Å². The molecule has 1 aromatic carbocycles. The van der Waals surface area contributed by atoms with Crippen molar-refractivity contribution in [2.75, 3.05) is 0 Å². The fraction of sp³-hybridized carbons (Fsp3) is 0.500. The molecule has 14 heavy (non-hydrogen) atoms. The first kappa shape index (κ1) is 14.3. The second-order valence-corrected chi connectivity index (χ2v) is 11.7. The molecule has 0 heterocycles. The minimum atomic E-state index is -0.403. The first-order chi connectivity index (χ1) is 6.74. The summed E-state index contributed by atoms with van der Waals surface area (Å²) in [5.74, 6) is 0. The normalized spacial score (nSPS) is 9.43. The van der Waals surface area contributed by atoms with Crippen molar-refractivity contribution >= 4 is 34.8 Å². The Kier molecular flexibility index (Phi) is 10.0. The van der Waals surface area contributed by atoms with Crippen molar-refractivity contribution in [2.45, 2.75) is 36.5 Å². The molecule has 0 bridgehead atoms. The van der Waals surface area contributed by atoms with E-state index >= 15 is 0 Å². The average molecular weight is 316 g/mol. The Morgan fingerprint density at radius 2 is 1.36 bits per heavy atom. The Hall–Kier alpha value is 0.282. The zero-order valence-corrected chi connectivity index (χ0v) is 13.2. The Labute approximate surface area is 101 Å². The first-order valence-corrected chi connectivity index (χ1v) is 10.6. The molecular weight excluding hydrogens is 296 g/mol. The van der Waals surface area contributed by atoms with Gasteiger partial charge in [0.05, 0.1) is 0 Å². The van der Waals surface area contributed by atoms with Crippen LogP contribution in [0.3, 0.4) is 0 Å². The predicted octanol–water partition coefficient (Wildman–Crippen LogP) is 3.02. The van der Waals surface area contributed by atoms with E-state index < -0.39 is 14.3 Å². The molecule has 2 radical (unpaired) electrons. The summed E-state index contributed by atoms with van der Waals surface area (Å²) in [5.41, 5.74) is 0. The molecule has 0 amide bonds. The molecule has 0 saturated heterocycles.